The summed E-state index contributed by atoms with van der Waals surface area (Å²) in [6, 6.07) is 10.7. The Bertz CT molecular complexity index is 1290. The van der Waals surface area contributed by atoms with E-state index in [2.05, 4.69) is 85.4 Å². The molecular formula is C28H36N6OS2. The van der Waals surface area contributed by atoms with Crippen LogP contribution in [0.3, 0.4) is 0 Å². The number of hydrogen-bond acceptors (Lipinski definition) is 7. The van der Waals surface area contributed by atoms with E-state index in [1.807, 2.05) is 11.6 Å². The Labute approximate surface area is 228 Å². The zero-order valence-electron chi connectivity index (χ0n) is 22.6. The van der Waals surface area contributed by atoms with Crippen LogP contribution in [-0.4, -0.2) is 39.5 Å². The van der Waals surface area contributed by atoms with Gasteiger partial charge in [-0.2, -0.15) is 5.26 Å². The topological polar surface area (TPSA) is 86.8 Å². The number of fused-ring (bicyclic) bond motifs is 1. The van der Waals surface area contributed by atoms with E-state index in [9.17, 15) is 10.1 Å². The first-order chi connectivity index (χ1) is 17.7. The number of nitriles is 1. The largest absolute Gasteiger partial charge is 0.372 e. The van der Waals surface area contributed by atoms with Gasteiger partial charge in [0, 0.05) is 36.3 Å². The molecule has 196 valence electrons. The van der Waals surface area contributed by atoms with Crippen LogP contribution in [0.25, 0.3) is 11.4 Å². The summed E-state index contributed by atoms with van der Waals surface area (Å²) in [5.41, 5.74) is 4.17. The Morgan fingerprint density at radius 3 is 2.57 bits per heavy atom. The van der Waals surface area contributed by atoms with Gasteiger partial charge in [-0.1, -0.05) is 32.5 Å². The van der Waals surface area contributed by atoms with E-state index < -0.39 is 0 Å². The molecule has 1 N–H and O–H groups in total. The highest BCUT2D eigenvalue weighted by atomic mass is 32.2. The Hall–Kier alpha value is -2.83. The molecule has 1 atom stereocenters. The van der Waals surface area contributed by atoms with Crippen molar-refractivity contribution in [3.63, 3.8) is 0 Å². The average Bonchev–Trinajstić information content (AvgIpc) is 3.42. The Kier molecular flexibility index (Phi) is 8.29. The Morgan fingerprint density at radius 2 is 1.95 bits per heavy atom. The molecule has 0 aliphatic heterocycles. The van der Waals surface area contributed by atoms with Crippen molar-refractivity contribution in [2.24, 2.45) is 18.4 Å². The van der Waals surface area contributed by atoms with Gasteiger partial charge in [-0.3, -0.25) is 4.79 Å². The van der Waals surface area contributed by atoms with Gasteiger partial charge >= 0.3 is 0 Å². The van der Waals surface area contributed by atoms with Crippen LogP contribution in [0.4, 0.5) is 10.7 Å². The Balaban J connectivity index is 1.41. The molecule has 0 saturated carbocycles. The molecule has 4 rings (SSSR count). The van der Waals surface area contributed by atoms with Gasteiger partial charge in [0.15, 0.2) is 11.0 Å². The molecule has 0 saturated heterocycles. The van der Waals surface area contributed by atoms with E-state index in [0.29, 0.717) is 21.6 Å². The predicted octanol–water partition coefficient (Wildman–Crippen LogP) is 6.14. The minimum absolute atomic E-state index is 0.138. The number of nitrogens with one attached hydrogen (secondary N) is 1. The van der Waals surface area contributed by atoms with Gasteiger partial charge in [0.2, 0.25) is 5.91 Å². The minimum atomic E-state index is -0.138. The van der Waals surface area contributed by atoms with Crippen molar-refractivity contribution < 1.29 is 4.79 Å². The normalized spacial score (nSPS) is 15.2. The molecule has 1 aliphatic rings. The molecule has 1 unspecified atom stereocenters. The summed E-state index contributed by atoms with van der Waals surface area (Å²) in [5, 5.41) is 22.9. The van der Waals surface area contributed by atoms with Gasteiger partial charge in [0.1, 0.15) is 11.1 Å². The number of amides is 1. The highest BCUT2D eigenvalue weighted by Crippen LogP contribution is 2.44. The molecule has 9 heteroatoms. The van der Waals surface area contributed by atoms with Crippen LogP contribution in [0.5, 0.6) is 0 Å². The first-order valence-electron chi connectivity index (χ1n) is 12.9. The lowest BCUT2D eigenvalue weighted by Gasteiger charge is -2.33. The maximum absolute atomic E-state index is 12.8. The summed E-state index contributed by atoms with van der Waals surface area (Å²) in [6.07, 6.45) is 2.96. The van der Waals surface area contributed by atoms with Crippen LogP contribution >= 0.6 is 23.1 Å². The lowest BCUT2D eigenvalue weighted by Crippen LogP contribution is -2.26. The molecule has 1 amide bonds. The first kappa shape index (κ1) is 27.2. The quantitative estimate of drug-likeness (QED) is 0.348. The smallest absolute Gasteiger partial charge is 0.235 e. The molecule has 2 heterocycles. The molecule has 2 aromatic heterocycles. The number of aromatic nitrogens is 3. The second kappa shape index (κ2) is 11.3. The monoisotopic (exact) mass is 536 g/mol. The second-order valence-corrected chi connectivity index (χ2v) is 12.6. The van der Waals surface area contributed by atoms with Crippen LogP contribution in [-0.2, 0) is 24.7 Å². The van der Waals surface area contributed by atoms with Crippen molar-refractivity contribution in [2.75, 3.05) is 29.1 Å². The van der Waals surface area contributed by atoms with Crippen molar-refractivity contribution in [1.29, 1.82) is 5.26 Å². The molecule has 1 aromatic carbocycles. The van der Waals surface area contributed by atoms with Crippen molar-refractivity contribution in [2.45, 2.75) is 59.0 Å². The van der Waals surface area contributed by atoms with E-state index in [4.69, 9.17) is 0 Å². The molecule has 1 aliphatic carbocycles. The minimum Gasteiger partial charge on any atom is -0.372 e. The van der Waals surface area contributed by atoms with Gasteiger partial charge in [-0.05, 0) is 74.3 Å². The van der Waals surface area contributed by atoms with Crippen molar-refractivity contribution in [3.8, 4) is 17.5 Å². The molecule has 0 fully saturated rings. The highest BCUT2D eigenvalue weighted by molar-refractivity contribution is 7.99. The average molecular weight is 537 g/mol. The lowest BCUT2D eigenvalue weighted by molar-refractivity contribution is -0.113. The van der Waals surface area contributed by atoms with Gasteiger partial charge in [0.25, 0.3) is 0 Å². The molecule has 0 radical (unpaired) electrons. The fourth-order valence-corrected chi connectivity index (χ4v) is 6.93. The fraction of sp³-hybridized carbons (Fsp3) is 0.500. The van der Waals surface area contributed by atoms with E-state index in [1.54, 1.807) is 11.3 Å². The number of nitrogens with zero attached hydrogens (tertiary/aromatic N) is 5. The Morgan fingerprint density at radius 1 is 1.24 bits per heavy atom. The summed E-state index contributed by atoms with van der Waals surface area (Å²) in [4.78, 5) is 16.4. The lowest BCUT2D eigenvalue weighted by atomic mass is 9.72. The maximum atomic E-state index is 12.8. The highest BCUT2D eigenvalue weighted by Gasteiger charge is 2.32. The zero-order chi connectivity index (χ0) is 26.7. The third-order valence-electron chi connectivity index (χ3n) is 7.28. The summed E-state index contributed by atoms with van der Waals surface area (Å²) >= 11 is 2.91. The molecule has 0 spiro atoms. The number of carbonyl (C=O) groups excluding carboxylic acids is 1. The number of thioether (sulfide) groups is 1. The van der Waals surface area contributed by atoms with Gasteiger partial charge in [-0.15, -0.1) is 21.5 Å². The molecule has 7 nitrogen and oxygen atoms in total. The van der Waals surface area contributed by atoms with Crippen LogP contribution in [0.2, 0.25) is 0 Å². The molecule has 37 heavy (non-hydrogen) atoms. The third kappa shape index (κ3) is 5.86. The maximum Gasteiger partial charge on any atom is 0.235 e. The van der Waals surface area contributed by atoms with Crippen molar-refractivity contribution in [3.05, 3.63) is 40.3 Å². The molecular weight excluding hydrogens is 500 g/mol. The predicted molar refractivity (Wildman–Crippen MR) is 153 cm³/mol. The summed E-state index contributed by atoms with van der Waals surface area (Å²) < 4.78 is 1.92. The van der Waals surface area contributed by atoms with Crippen molar-refractivity contribution in [1.82, 2.24) is 14.8 Å². The van der Waals surface area contributed by atoms with E-state index in [0.717, 1.165) is 49.3 Å². The van der Waals surface area contributed by atoms with Crippen LogP contribution in [0, 0.1) is 22.7 Å². The van der Waals surface area contributed by atoms with Crippen LogP contribution in [0.1, 0.15) is 57.0 Å². The number of carbonyl (C=O) groups is 1. The number of anilines is 2. The summed E-state index contributed by atoms with van der Waals surface area (Å²) in [6.45, 7) is 13.1. The van der Waals surface area contributed by atoms with Gasteiger partial charge in [-0.25, -0.2) is 0 Å². The first-order valence-corrected chi connectivity index (χ1v) is 14.7. The number of thiophene rings is 1. The second-order valence-electron chi connectivity index (χ2n) is 10.5. The SMILES string of the molecule is CCN(CC)c1ccc(-c2nnc(SCC(=O)Nc3sc4c(c3C#N)CCC(C(C)(C)C)C4)n2C)cc1. The van der Waals surface area contributed by atoms with Gasteiger partial charge < -0.3 is 14.8 Å². The van der Waals surface area contributed by atoms with Crippen LogP contribution in [0.15, 0.2) is 29.4 Å². The van der Waals surface area contributed by atoms with E-state index in [1.165, 1.54) is 22.3 Å². The van der Waals surface area contributed by atoms with E-state index >= 15 is 0 Å². The molecule has 0 bridgehead atoms. The summed E-state index contributed by atoms with van der Waals surface area (Å²) in [7, 11) is 1.92. The van der Waals surface area contributed by atoms with E-state index in [-0.39, 0.29) is 17.1 Å². The van der Waals surface area contributed by atoms with Crippen molar-refractivity contribution >= 4 is 39.7 Å². The number of benzene rings is 1. The standard InChI is InChI=1S/C28H36N6OS2/c1-7-34(8-2)20-12-9-18(10-13-20)25-31-32-27(33(25)6)36-17-24(35)30-26-22(16-29)21-14-11-19(28(3,4)5)15-23(21)37-26/h9-10,12-13,19H,7-8,11,14-15,17H2,1-6H3,(H,30,35). The molecule has 3 aromatic rings. The summed E-state index contributed by atoms with van der Waals surface area (Å²) in [5.74, 6) is 1.41. The third-order valence-corrected chi connectivity index (χ3v) is 9.47. The van der Waals surface area contributed by atoms with Crippen LogP contribution < -0.4 is 10.2 Å². The fourth-order valence-electron chi connectivity index (χ4n) is 4.93. The van der Waals surface area contributed by atoms with Gasteiger partial charge in [0.05, 0.1) is 11.3 Å². The number of rotatable bonds is 8. The zero-order valence-corrected chi connectivity index (χ0v) is 24.2. The number of hydrogen-bond donors (Lipinski definition) is 1.